The molecule has 0 spiro atoms. The minimum atomic E-state index is 1.07. The van der Waals surface area contributed by atoms with Crippen molar-refractivity contribution >= 4 is 43.5 Å². The van der Waals surface area contributed by atoms with E-state index in [0.29, 0.717) is 0 Å². The van der Waals surface area contributed by atoms with E-state index in [9.17, 15) is 0 Å². The van der Waals surface area contributed by atoms with Crippen molar-refractivity contribution in [2.75, 3.05) is 0 Å². The van der Waals surface area contributed by atoms with E-state index in [4.69, 9.17) is 0 Å². The summed E-state index contributed by atoms with van der Waals surface area (Å²) in [5.74, 6) is 0. The highest BCUT2D eigenvalue weighted by Crippen LogP contribution is 2.35. The summed E-state index contributed by atoms with van der Waals surface area (Å²) in [4.78, 5) is 8.14. The van der Waals surface area contributed by atoms with Crippen molar-refractivity contribution in [2.45, 2.75) is 0 Å². The van der Waals surface area contributed by atoms with Gasteiger partial charge in [0.05, 0.1) is 5.52 Å². The van der Waals surface area contributed by atoms with Crippen LogP contribution in [0.3, 0.4) is 0 Å². The summed E-state index contributed by atoms with van der Waals surface area (Å²) >= 11 is 0. The fraction of sp³-hybridized carbons (Fsp3) is 0. The zero-order valence-electron chi connectivity index (χ0n) is 11.3. The molecule has 0 radical (unpaired) electrons. The molecule has 2 aromatic heterocycles. The standard InChI is InChI=1S/C19H12N2/c1-2-6-14-12(4-1)7-9-15-17(14)18-16(21-15)10-8-13-5-3-11-20-19(13)18/h1-11,21H. The van der Waals surface area contributed by atoms with Gasteiger partial charge in [-0.05, 0) is 29.0 Å². The number of pyridine rings is 1. The molecule has 0 aliphatic carbocycles. The first kappa shape index (κ1) is 10.9. The van der Waals surface area contributed by atoms with E-state index in [1.165, 1.54) is 32.4 Å². The highest BCUT2D eigenvalue weighted by molar-refractivity contribution is 6.26. The highest BCUT2D eigenvalue weighted by atomic mass is 14.7. The van der Waals surface area contributed by atoms with Crippen LogP contribution in [0.4, 0.5) is 0 Å². The predicted molar refractivity (Wildman–Crippen MR) is 88.6 cm³/mol. The average Bonchev–Trinajstić information content (AvgIpc) is 2.94. The molecule has 0 amide bonds. The van der Waals surface area contributed by atoms with Crippen LogP contribution in [0.15, 0.2) is 66.9 Å². The molecule has 0 aliphatic rings. The van der Waals surface area contributed by atoms with Crippen molar-refractivity contribution in [3.05, 3.63) is 66.9 Å². The number of hydrogen-bond acceptors (Lipinski definition) is 1. The van der Waals surface area contributed by atoms with Gasteiger partial charge >= 0.3 is 0 Å². The van der Waals surface area contributed by atoms with Crippen LogP contribution in [0.2, 0.25) is 0 Å². The average molecular weight is 268 g/mol. The molecule has 21 heavy (non-hydrogen) atoms. The van der Waals surface area contributed by atoms with Crippen LogP contribution in [-0.2, 0) is 0 Å². The predicted octanol–water partition coefficient (Wildman–Crippen LogP) is 5.02. The number of aromatic amines is 1. The molecule has 0 bridgehead atoms. The number of H-pyrrole nitrogens is 1. The van der Waals surface area contributed by atoms with Crippen molar-refractivity contribution in [3.63, 3.8) is 0 Å². The Morgan fingerprint density at radius 1 is 0.667 bits per heavy atom. The third kappa shape index (κ3) is 1.39. The molecule has 0 aliphatic heterocycles. The minimum absolute atomic E-state index is 1.07. The lowest BCUT2D eigenvalue weighted by molar-refractivity contribution is 1.43. The van der Waals surface area contributed by atoms with Crippen molar-refractivity contribution in [3.8, 4) is 0 Å². The third-order valence-corrected chi connectivity index (χ3v) is 4.22. The summed E-state index contributed by atoms with van der Waals surface area (Å²) in [7, 11) is 0. The first-order valence-electron chi connectivity index (χ1n) is 7.09. The van der Waals surface area contributed by atoms with E-state index < -0.39 is 0 Å². The van der Waals surface area contributed by atoms with Crippen LogP contribution in [0.5, 0.6) is 0 Å². The molecule has 0 saturated heterocycles. The summed E-state index contributed by atoms with van der Waals surface area (Å²) in [5.41, 5.74) is 3.38. The van der Waals surface area contributed by atoms with Crippen molar-refractivity contribution in [2.24, 2.45) is 0 Å². The fourth-order valence-corrected chi connectivity index (χ4v) is 3.29. The first-order chi connectivity index (χ1) is 10.4. The van der Waals surface area contributed by atoms with Gasteiger partial charge in [-0.1, -0.05) is 42.5 Å². The maximum absolute atomic E-state index is 4.62. The fourth-order valence-electron chi connectivity index (χ4n) is 3.29. The Morgan fingerprint density at radius 2 is 1.43 bits per heavy atom. The van der Waals surface area contributed by atoms with E-state index in [1.807, 2.05) is 12.3 Å². The van der Waals surface area contributed by atoms with Gasteiger partial charge in [-0.25, -0.2) is 0 Å². The topological polar surface area (TPSA) is 28.7 Å². The van der Waals surface area contributed by atoms with E-state index in [1.54, 1.807) is 0 Å². The summed E-state index contributed by atoms with van der Waals surface area (Å²) in [6.07, 6.45) is 1.87. The Morgan fingerprint density at radius 3 is 2.38 bits per heavy atom. The van der Waals surface area contributed by atoms with Gasteiger partial charge in [0, 0.05) is 33.4 Å². The van der Waals surface area contributed by atoms with E-state index >= 15 is 0 Å². The summed E-state index contributed by atoms with van der Waals surface area (Å²) in [6, 6.07) is 21.2. The molecule has 0 unspecified atom stereocenters. The molecule has 5 rings (SSSR count). The second kappa shape index (κ2) is 3.83. The van der Waals surface area contributed by atoms with Crippen LogP contribution < -0.4 is 0 Å². The third-order valence-electron chi connectivity index (χ3n) is 4.22. The molecule has 1 N–H and O–H groups in total. The maximum Gasteiger partial charge on any atom is 0.0802 e. The molecule has 0 fully saturated rings. The second-order valence-electron chi connectivity index (χ2n) is 5.40. The van der Waals surface area contributed by atoms with Crippen molar-refractivity contribution in [1.82, 2.24) is 9.97 Å². The Kier molecular flexibility index (Phi) is 1.98. The summed E-state index contributed by atoms with van der Waals surface area (Å²) in [5, 5.41) is 6.21. The number of benzene rings is 3. The number of aromatic nitrogens is 2. The second-order valence-corrected chi connectivity index (χ2v) is 5.40. The lowest BCUT2D eigenvalue weighted by Crippen LogP contribution is -1.79. The lowest BCUT2D eigenvalue weighted by Gasteiger charge is -2.02. The smallest absolute Gasteiger partial charge is 0.0802 e. The Bertz CT molecular complexity index is 1050. The van der Waals surface area contributed by atoms with Crippen molar-refractivity contribution < 1.29 is 0 Å². The SMILES string of the molecule is c1ccc2c(c1)ccc1[nH]c3ccc4cccnc4c3c12. The molecular weight excluding hydrogens is 256 g/mol. The van der Waals surface area contributed by atoms with E-state index in [-0.39, 0.29) is 0 Å². The molecule has 0 saturated carbocycles. The van der Waals surface area contributed by atoms with Crippen LogP contribution in [-0.4, -0.2) is 9.97 Å². The van der Waals surface area contributed by atoms with Gasteiger partial charge < -0.3 is 4.98 Å². The Hall–Kier alpha value is -2.87. The molecule has 2 nitrogen and oxygen atoms in total. The van der Waals surface area contributed by atoms with Gasteiger partial charge in [-0.3, -0.25) is 4.98 Å². The monoisotopic (exact) mass is 268 g/mol. The lowest BCUT2D eigenvalue weighted by atomic mass is 10.0. The Balaban J connectivity index is 2.18. The number of hydrogen-bond donors (Lipinski definition) is 1. The molecule has 3 aromatic carbocycles. The van der Waals surface area contributed by atoms with Crippen LogP contribution in [0.1, 0.15) is 0 Å². The first-order valence-corrected chi connectivity index (χ1v) is 7.09. The minimum Gasteiger partial charge on any atom is -0.354 e. The normalized spacial score (nSPS) is 11.8. The van der Waals surface area contributed by atoms with Crippen LogP contribution in [0.25, 0.3) is 43.5 Å². The maximum atomic E-state index is 4.62. The van der Waals surface area contributed by atoms with Crippen LogP contribution in [0, 0.1) is 0 Å². The van der Waals surface area contributed by atoms with Gasteiger partial charge in [-0.2, -0.15) is 0 Å². The number of fused-ring (bicyclic) bond motifs is 7. The van der Waals surface area contributed by atoms with Gasteiger partial charge in [-0.15, -0.1) is 0 Å². The largest absolute Gasteiger partial charge is 0.354 e. The zero-order valence-corrected chi connectivity index (χ0v) is 11.3. The molecule has 98 valence electrons. The van der Waals surface area contributed by atoms with E-state index in [2.05, 4.69) is 64.6 Å². The van der Waals surface area contributed by atoms with Crippen LogP contribution >= 0.6 is 0 Å². The summed E-state index contributed by atoms with van der Waals surface area (Å²) in [6.45, 7) is 0. The highest BCUT2D eigenvalue weighted by Gasteiger charge is 2.11. The molecule has 2 heterocycles. The number of nitrogens with zero attached hydrogens (tertiary/aromatic N) is 1. The van der Waals surface area contributed by atoms with E-state index in [0.717, 1.165) is 11.0 Å². The van der Waals surface area contributed by atoms with Crippen molar-refractivity contribution in [1.29, 1.82) is 0 Å². The zero-order chi connectivity index (χ0) is 13.8. The molecule has 5 aromatic rings. The number of rotatable bonds is 0. The van der Waals surface area contributed by atoms with Gasteiger partial charge in [0.2, 0.25) is 0 Å². The number of nitrogens with one attached hydrogen (secondary N) is 1. The summed E-state index contributed by atoms with van der Waals surface area (Å²) < 4.78 is 0. The quantitative estimate of drug-likeness (QED) is 0.419. The molecule has 0 atom stereocenters. The Labute approximate surface area is 121 Å². The van der Waals surface area contributed by atoms with Gasteiger partial charge in [0.25, 0.3) is 0 Å². The molecule has 2 heteroatoms. The van der Waals surface area contributed by atoms with Gasteiger partial charge in [0.15, 0.2) is 0 Å². The van der Waals surface area contributed by atoms with Gasteiger partial charge in [0.1, 0.15) is 0 Å². The molecular formula is C19H12N2.